The molecule has 2 nitrogen and oxygen atoms in total. The average molecular weight is 234 g/mol. The van der Waals surface area contributed by atoms with E-state index in [1.165, 1.54) is 6.42 Å². The summed E-state index contributed by atoms with van der Waals surface area (Å²) in [6.07, 6.45) is 3.77. The molecule has 0 amide bonds. The van der Waals surface area contributed by atoms with Gasteiger partial charge in [-0.3, -0.25) is 4.79 Å². The third-order valence-corrected chi connectivity index (χ3v) is 2.66. The van der Waals surface area contributed by atoms with Crippen LogP contribution in [0.4, 0.5) is 0 Å². The molecule has 0 spiro atoms. The molecule has 94 valence electrons. The summed E-state index contributed by atoms with van der Waals surface area (Å²) < 4.78 is 5.20. The lowest BCUT2D eigenvalue weighted by Crippen LogP contribution is -2.04. The van der Waals surface area contributed by atoms with Crippen molar-refractivity contribution >= 4 is 5.97 Å². The summed E-state index contributed by atoms with van der Waals surface area (Å²) >= 11 is 0. The summed E-state index contributed by atoms with van der Waals surface area (Å²) in [7, 11) is 0. The molecule has 17 heavy (non-hydrogen) atoms. The SMILES string of the molecule is CC(C)CCCCC(=O)OCc1ccccc1. The molecule has 0 radical (unpaired) electrons. The number of ether oxygens (including phenoxy) is 1. The van der Waals surface area contributed by atoms with Gasteiger partial charge in [0.1, 0.15) is 6.61 Å². The van der Waals surface area contributed by atoms with Crippen LogP contribution in [-0.2, 0) is 16.1 Å². The van der Waals surface area contributed by atoms with Gasteiger partial charge in [0, 0.05) is 6.42 Å². The fourth-order valence-corrected chi connectivity index (χ4v) is 1.63. The Bertz CT molecular complexity index is 317. The second-order valence-corrected chi connectivity index (χ2v) is 4.79. The number of carbonyl (C=O) groups excluding carboxylic acids is 1. The molecule has 0 aliphatic rings. The van der Waals surface area contributed by atoms with E-state index in [-0.39, 0.29) is 5.97 Å². The number of hydrogen-bond donors (Lipinski definition) is 0. The van der Waals surface area contributed by atoms with Crippen LogP contribution in [0, 0.1) is 5.92 Å². The molecular weight excluding hydrogens is 212 g/mol. The minimum Gasteiger partial charge on any atom is -0.461 e. The molecule has 1 rings (SSSR count). The summed E-state index contributed by atoms with van der Waals surface area (Å²) in [4.78, 5) is 11.4. The van der Waals surface area contributed by atoms with Crippen molar-refractivity contribution in [3.63, 3.8) is 0 Å². The topological polar surface area (TPSA) is 26.3 Å². The molecule has 0 saturated carbocycles. The molecular formula is C15H22O2. The summed E-state index contributed by atoms with van der Waals surface area (Å²) in [5, 5.41) is 0. The van der Waals surface area contributed by atoms with E-state index >= 15 is 0 Å². The lowest BCUT2D eigenvalue weighted by molar-refractivity contribution is -0.145. The first-order chi connectivity index (χ1) is 8.18. The Kier molecular flexibility index (Phi) is 6.38. The predicted octanol–water partition coefficient (Wildman–Crippen LogP) is 3.95. The van der Waals surface area contributed by atoms with Crippen LogP contribution in [0.15, 0.2) is 30.3 Å². The van der Waals surface area contributed by atoms with Gasteiger partial charge in [0.2, 0.25) is 0 Å². The summed E-state index contributed by atoms with van der Waals surface area (Å²) in [6.45, 7) is 4.80. The monoisotopic (exact) mass is 234 g/mol. The van der Waals surface area contributed by atoms with Crippen molar-refractivity contribution in [2.45, 2.75) is 46.1 Å². The summed E-state index contributed by atoms with van der Waals surface area (Å²) in [5.41, 5.74) is 1.04. The van der Waals surface area contributed by atoms with Gasteiger partial charge in [-0.15, -0.1) is 0 Å². The molecule has 0 aromatic heterocycles. The Labute approximate surface area is 104 Å². The van der Waals surface area contributed by atoms with Crippen LogP contribution in [0.2, 0.25) is 0 Å². The average Bonchev–Trinajstić information content (AvgIpc) is 2.33. The minimum absolute atomic E-state index is 0.0855. The normalized spacial score (nSPS) is 10.5. The Morgan fingerprint density at radius 2 is 1.88 bits per heavy atom. The quantitative estimate of drug-likeness (QED) is 0.527. The highest BCUT2D eigenvalue weighted by molar-refractivity contribution is 5.69. The molecule has 1 aromatic carbocycles. The standard InChI is InChI=1S/C15H22O2/c1-13(2)8-6-7-11-15(16)17-12-14-9-4-3-5-10-14/h3-5,9-10,13H,6-8,11-12H2,1-2H3. The van der Waals surface area contributed by atoms with Crippen LogP contribution in [0.25, 0.3) is 0 Å². The molecule has 0 atom stereocenters. The first-order valence-corrected chi connectivity index (χ1v) is 6.38. The first kappa shape index (κ1) is 13.8. The largest absolute Gasteiger partial charge is 0.461 e. The van der Waals surface area contributed by atoms with E-state index in [2.05, 4.69) is 13.8 Å². The van der Waals surface area contributed by atoms with Crippen molar-refractivity contribution < 1.29 is 9.53 Å². The molecule has 0 fully saturated rings. The maximum absolute atomic E-state index is 11.4. The highest BCUT2D eigenvalue weighted by atomic mass is 16.5. The van der Waals surface area contributed by atoms with Gasteiger partial charge >= 0.3 is 5.97 Å². The van der Waals surface area contributed by atoms with Gasteiger partial charge in [-0.25, -0.2) is 0 Å². The van der Waals surface area contributed by atoms with E-state index in [1.807, 2.05) is 30.3 Å². The molecule has 1 aromatic rings. The van der Waals surface area contributed by atoms with Crippen LogP contribution in [-0.4, -0.2) is 5.97 Å². The number of esters is 1. The first-order valence-electron chi connectivity index (χ1n) is 6.38. The van der Waals surface area contributed by atoms with Gasteiger partial charge < -0.3 is 4.74 Å². The van der Waals surface area contributed by atoms with Gasteiger partial charge in [-0.05, 0) is 17.9 Å². The van der Waals surface area contributed by atoms with Crippen molar-refractivity contribution in [1.82, 2.24) is 0 Å². The van der Waals surface area contributed by atoms with Crippen molar-refractivity contribution in [2.75, 3.05) is 0 Å². The van der Waals surface area contributed by atoms with Crippen LogP contribution in [0.1, 0.15) is 45.1 Å². The van der Waals surface area contributed by atoms with Crippen molar-refractivity contribution in [3.05, 3.63) is 35.9 Å². The zero-order valence-corrected chi connectivity index (χ0v) is 10.8. The third-order valence-electron chi connectivity index (χ3n) is 2.66. The lowest BCUT2D eigenvalue weighted by atomic mass is 10.1. The van der Waals surface area contributed by atoms with E-state index in [0.29, 0.717) is 13.0 Å². The molecule has 0 N–H and O–H groups in total. The third kappa shape index (κ3) is 6.77. The second kappa shape index (κ2) is 7.88. The van der Waals surface area contributed by atoms with Gasteiger partial charge in [0.25, 0.3) is 0 Å². The highest BCUT2D eigenvalue weighted by Gasteiger charge is 2.03. The predicted molar refractivity (Wildman–Crippen MR) is 69.5 cm³/mol. The van der Waals surface area contributed by atoms with Crippen LogP contribution >= 0.6 is 0 Å². The molecule has 0 aliphatic carbocycles. The highest BCUT2D eigenvalue weighted by Crippen LogP contribution is 2.09. The maximum Gasteiger partial charge on any atom is 0.306 e. The number of hydrogen-bond acceptors (Lipinski definition) is 2. The van der Waals surface area contributed by atoms with Crippen molar-refractivity contribution in [3.8, 4) is 0 Å². The minimum atomic E-state index is -0.0855. The Morgan fingerprint density at radius 1 is 1.18 bits per heavy atom. The van der Waals surface area contributed by atoms with Gasteiger partial charge in [0.05, 0.1) is 0 Å². The van der Waals surface area contributed by atoms with Crippen molar-refractivity contribution in [1.29, 1.82) is 0 Å². The zero-order chi connectivity index (χ0) is 12.5. The smallest absolute Gasteiger partial charge is 0.306 e. The fourth-order valence-electron chi connectivity index (χ4n) is 1.63. The zero-order valence-electron chi connectivity index (χ0n) is 10.8. The number of rotatable bonds is 7. The summed E-state index contributed by atoms with van der Waals surface area (Å²) in [6, 6.07) is 9.78. The fraction of sp³-hybridized carbons (Fsp3) is 0.533. The van der Waals surface area contributed by atoms with E-state index < -0.39 is 0 Å². The Hall–Kier alpha value is -1.31. The molecule has 0 saturated heterocycles. The van der Waals surface area contributed by atoms with E-state index in [0.717, 1.165) is 24.3 Å². The van der Waals surface area contributed by atoms with E-state index in [1.54, 1.807) is 0 Å². The Morgan fingerprint density at radius 3 is 2.53 bits per heavy atom. The van der Waals surface area contributed by atoms with Gasteiger partial charge in [-0.2, -0.15) is 0 Å². The van der Waals surface area contributed by atoms with Crippen molar-refractivity contribution in [2.24, 2.45) is 5.92 Å². The molecule has 2 heteroatoms. The lowest BCUT2D eigenvalue weighted by Gasteiger charge is -2.06. The van der Waals surface area contributed by atoms with E-state index in [4.69, 9.17) is 4.74 Å². The number of benzene rings is 1. The van der Waals surface area contributed by atoms with Gasteiger partial charge in [-0.1, -0.05) is 57.0 Å². The molecule has 0 aliphatic heterocycles. The molecule has 0 unspecified atom stereocenters. The Balaban J connectivity index is 2.09. The van der Waals surface area contributed by atoms with Gasteiger partial charge in [0.15, 0.2) is 0 Å². The van der Waals surface area contributed by atoms with Crippen LogP contribution in [0.5, 0.6) is 0 Å². The maximum atomic E-state index is 11.4. The van der Waals surface area contributed by atoms with E-state index in [9.17, 15) is 4.79 Å². The number of carbonyl (C=O) groups is 1. The number of unbranched alkanes of at least 4 members (excludes halogenated alkanes) is 1. The molecule has 0 bridgehead atoms. The van der Waals surface area contributed by atoms with Crippen LogP contribution in [0.3, 0.4) is 0 Å². The summed E-state index contributed by atoms with van der Waals surface area (Å²) in [5.74, 6) is 0.632. The molecule has 0 heterocycles. The second-order valence-electron chi connectivity index (χ2n) is 4.79. The van der Waals surface area contributed by atoms with Crippen LogP contribution < -0.4 is 0 Å².